The predicted molar refractivity (Wildman–Crippen MR) is 85.8 cm³/mol. The maximum absolute atomic E-state index is 11.4. The molecule has 5 nitrogen and oxygen atoms in total. The van der Waals surface area contributed by atoms with Crippen molar-refractivity contribution in [3.63, 3.8) is 0 Å². The van der Waals surface area contributed by atoms with E-state index in [4.69, 9.17) is 11.6 Å². The Labute approximate surface area is 132 Å². The van der Waals surface area contributed by atoms with Crippen molar-refractivity contribution >= 4 is 43.0 Å². The molecule has 0 aromatic carbocycles. The smallest absolute Gasteiger partial charge is 0.152 e. The van der Waals surface area contributed by atoms with Crippen LogP contribution in [0.15, 0.2) is 0 Å². The van der Waals surface area contributed by atoms with Gasteiger partial charge in [0.25, 0.3) is 0 Å². The summed E-state index contributed by atoms with van der Waals surface area (Å²) in [6.07, 6.45) is 0. The average Bonchev–Trinajstić information content (AvgIpc) is 2.68. The summed E-state index contributed by atoms with van der Waals surface area (Å²) >= 11 is 7.90. The van der Waals surface area contributed by atoms with Gasteiger partial charge in [-0.2, -0.15) is 0 Å². The van der Waals surface area contributed by atoms with Crippen molar-refractivity contribution < 1.29 is 8.42 Å². The number of hydrogen-bond acceptors (Lipinski definition) is 6. The molecule has 1 aliphatic rings. The molecule has 1 fully saturated rings. The van der Waals surface area contributed by atoms with Crippen LogP contribution < -0.4 is 0 Å². The summed E-state index contributed by atoms with van der Waals surface area (Å²) in [6, 6.07) is 0. The number of rotatable bonds is 2. The lowest BCUT2D eigenvalue weighted by Crippen LogP contribution is -2.40. The normalized spacial score (nSPS) is 19.2. The first-order valence-corrected chi connectivity index (χ1v) is 9.72. The molecule has 0 spiro atoms. The van der Waals surface area contributed by atoms with Gasteiger partial charge in [-0.15, -0.1) is 11.3 Å². The van der Waals surface area contributed by atoms with Crippen molar-refractivity contribution in [1.82, 2.24) is 14.9 Å². The number of aromatic nitrogens is 2. The highest BCUT2D eigenvalue weighted by Gasteiger charge is 2.23. The Kier molecular flexibility index (Phi) is 3.94. The van der Waals surface area contributed by atoms with E-state index in [-0.39, 0.29) is 11.5 Å². The zero-order chi connectivity index (χ0) is 15.2. The van der Waals surface area contributed by atoms with Crippen molar-refractivity contribution in [2.24, 2.45) is 0 Å². The molecule has 0 bridgehead atoms. The lowest BCUT2D eigenvalue weighted by atomic mass is 10.2. The fourth-order valence-corrected chi connectivity index (χ4v) is 5.13. The monoisotopic (exact) mass is 345 g/mol. The summed E-state index contributed by atoms with van der Waals surface area (Å²) < 4.78 is 22.9. The number of hydrogen-bond donors (Lipinski definition) is 0. The first-order valence-electron chi connectivity index (χ1n) is 6.70. The van der Waals surface area contributed by atoms with E-state index in [0.29, 0.717) is 30.6 Å². The summed E-state index contributed by atoms with van der Waals surface area (Å²) in [7, 11) is -2.86. The Morgan fingerprint density at radius 1 is 1.24 bits per heavy atom. The maximum Gasteiger partial charge on any atom is 0.152 e. The molecule has 3 rings (SSSR count). The van der Waals surface area contributed by atoms with Gasteiger partial charge in [-0.05, 0) is 19.4 Å². The van der Waals surface area contributed by atoms with Crippen molar-refractivity contribution in [3.8, 4) is 0 Å². The largest absolute Gasteiger partial charge is 0.294 e. The molecule has 0 N–H and O–H groups in total. The van der Waals surface area contributed by atoms with Crippen molar-refractivity contribution in [2.75, 3.05) is 24.6 Å². The average molecular weight is 346 g/mol. The minimum Gasteiger partial charge on any atom is -0.294 e. The Bertz CT molecular complexity index is 787. The molecule has 0 unspecified atom stereocenters. The molecule has 2 aromatic rings. The van der Waals surface area contributed by atoms with E-state index in [9.17, 15) is 8.42 Å². The summed E-state index contributed by atoms with van der Waals surface area (Å²) in [5, 5.41) is 1.42. The second-order valence-electron chi connectivity index (χ2n) is 5.32. The molecule has 3 heterocycles. The molecular formula is C13H16ClN3O2S2. The number of aryl methyl sites for hydroxylation is 2. The first kappa shape index (κ1) is 15.1. The third-order valence-corrected chi connectivity index (χ3v) is 6.82. The molecule has 21 heavy (non-hydrogen) atoms. The summed E-state index contributed by atoms with van der Waals surface area (Å²) in [6.45, 7) is 5.68. The summed E-state index contributed by atoms with van der Waals surface area (Å²) in [5.74, 6) is 1.08. The highest BCUT2D eigenvalue weighted by molar-refractivity contribution is 7.91. The summed E-state index contributed by atoms with van der Waals surface area (Å²) in [4.78, 5) is 13.1. The van der Waals surface area contributed by atoms with Crippen molar-refractivity contribution in [3.05, 3.63) is 21.4 Å². The van der Waals surface area contributed by atoms with Crippen LogP contribution in [0.3, 0.4) is 0 Å². The second kappa shape index (κ2) is 5.46. The molecule has 0 atom stereocenters. The van der Waals surface area contributed by atoms with E-state index in [1.807, 2.05) is 13.8 Å². The number of nitrogens with zero attached hydrogens (tertiary/aromatic N) is 3. The number of sulfone groups is 1. The SMILES string of the molecule is Cc1sc2nc(CN3CCS(=O)(=O)CC3)nc(Cl)c2c1C. The standard InChI is InChI=1S/C13H16ClN3O2S2/c1-8-9(2)20-13-11(8)12(14)15-10(16-13)7-17-3-5-21(18,19)6-4-17/h3-7H2,1-2H3. The van der Waals surface area contributed by atoms with Gasteiger partial charge in [-0.25, -0.2) is 18.4 Å². The number of thiophene rings is 1. The number of fused-ring (bicyclic) bond motifs is 1. The van der Waals surface area contributed by atoms with Crippen LogP contribution in [-0.2, 0) is 16.4 Å². The fraction of sp³-hybridized carbons (Fsp3) is 0.538. The van der Waals surface area contributed by atoms with Crippen molar-refractivity contribution in [2.45, 2.75) is 20.4 Å². The van der Waals surface area contributed by atoms with E-state index in [1.165, 1.54) is 4.88 Å². The molecule has 8 heteroatoms. The lowest BCUT2D eigenvalue weighted by Gasteiger charge is -2.25. The highest BCUT2D eigenvalue weighted by atomic mass is 35.5. The van der Waals surface area contributed by atoms with Gasteiger partial charge < -0.3 is 0 Å². The van der Waals surface area contributed by atoms with E-state index < -0.39 is 9.84 Å². The van der Waals surface area contributed by atoms with E-state index in [1.54, 1.807) is 11.3 Å². The van der Waals surface area contributed by atoms with Gasteiger partial charge in [-0.1, -0.05) is 11.6 Å². The first-order chi connectivity index (χ1) is 9.85. The zero-order valence-corrected chi connectivity index (χ0v) is 14.3. The zero-order valence-electron chi connectivity index (χ0n) is 11.9. The van der Waals surface area contributed by atoms with Crippen LogP contribution in [0, 0.1) is 13.8 Å². The molecule has 1 saturated heterocycles. The van der Waals surface area contributed by atoms with Gasteiger partial charge in [-0.3, -0.25) is 4.90 Å². The van der Waals surface area contributed by atoms with Crippen LogP contribution in [-0.4, -0.2) is 47.9 Å². The van der Waals surface area contributed by atoms with Crippen molar-refractivity contribution in [1.29, 1.82) is 0 Å². The molecule has 0 saturated carbocycles. The van der Waals surface area contributed by atoms with E-state index in [0.717, 1.165) is 15.8 Å². The third-order valence-electron chi connectivity index (χ3n) is 3.83. The minimum atomic E-state index is -2.86. The maximum atomic E-state index is 11.4. The van der Waals surface area contributed by atoms with Gasteiger partial charge in [0.1, 0.15) is 15.8 Å². The number of halogens is 1. The Morgan fingerprint density at radius 3 is 2.57 bits per heavy atom. The van der Waals surface area contributed by atoms with Crippen LogP contribution in [0.4, 0.5) is 0 Å². The molecule has 1 aliphatic heterocycles. The minimum absolute atomic E-state index is 0.209. The van der Waals surface area contributed by atoms with Gasteiger partial charge in [0.05, 0.1) is 23.4 Å². The van der Waals surface area contributed by atoms with Gasteiger partial charge in [0, 0.05) is 18.0 Å². The molecule has 0 amide bonds. The Morgan fingerprint density at radius 2 is 1.90 bits per heavy atom. The summed E-state index contributed by atoms with van der Waals surface area (Å²) in [5.41, 5.74) is 1.13. The quantitative estimate of drug-likeness (QED) is 0.781. The molecule has 114 valence electrons. The van der Waals surface area contributed by atoms with Crippen LogP contribution in [0.2, 0.25) is 5.15 Å². The van der Waals surface area contributed by atoms with E-state index in [2.05, 4.69) is 14.9 Å². The van der Waals surface area contributed by atoms with E-state index >= 15 is 0 Å². The lowest BCUT2D eigenvalue weighted by molar-refractivity contribution is 0.281. The Balaban J connectivity index is 1.85. The molecular weight excluding hydrogens is 330 g/mol. The van der Waals surface area contributed by atoms with Crippen LogP contribution in [0.1, 0.15) is 16.3 Å². The molecule has 0 radical (unpaired) electrons. The molecule has 2 aromatic heterocycles. The fourth-order valence-electron chi connectivity index (χ4n) is 2.42. The highest BCUT2D eigenvalue weighted by Crippen LogP contribution is 2.33. The van der Waals surface area contributed by atoms with Gasteiger partial charge >= 0.3 is 0 Å². The second-order valence-corrected chi connectivity index (χ2v) is 9.19. The van der Waals surface area contributed by atoms with Gasteiger partial charge in [0.15, 0.2) is 9.84 Å². The van der Waals surface area contributed by atoms with Crippen LogP contribution in [0.5, 0.6) is 0 Å². The van der Waals surface area contributed by atoms with Crippen LogP contribution in [0.25, 0.3) is 10.2 Å². The topological polar surface area (TPSA) is 63.2 Å². The predicted octanol–water partition coefficient (Wildman–Crippen LogP) is 2.19. The van der Waals surface area contributed by atoms with Gasteiger partial charge in [0.2, 0.25) is 0 Å². The molecule has 0 aliphatic carbocycles. The third kappa shape index (κ3) is 3.06. The Hall–Kier alpha value is -0.760. The van der Waals surface area contributed by atoms with Crippen LogP contribution >= 0.6 is 22.9 Å².